The molecule has 0 saturated carbocycles. The molecule has 0 fully saturated rings. The lowest BCUT2D eigenvalue weighted by Crippen LogP contribution is -2.20. The zero-order valence-corrected chi connectivity index (χ0v) is 26.0. The quantitative estimate of drug-likeness (QED) is 0.151. The van der Waals surface area contributed by atoms with Crippen molar-refractivity contribution in [2.24, 2.45) is 5.92 Å². The van der Waals surface area contributed by atoms with E-state index in [9.17, 15) is 14.7 Å². The van der Waals surface area contributed by atoms with E-state index in [-0.39, 0.29) is 24.0 Å². The van der Waals surface area contributed by atoms with Crippen molar-refractivity contribution in [2.75, 3.05) is 14.2 Å². The van der Waals surface area contributed by atoms with E-state index in [1.165, 1.54) is 0 Å². The summed E-state index contributed by atoms with van der Waals surface area (Å²) < 4.78 is 16.3. The minimum Gasteiger partial charge on any atom is -0.497 e. The molecule has 0 unspecified atom stereocenters. The molecule has 5 aromatic rings. The van der Waals surface area contributed by atoms with Crippen molar-refractivity contribution in [3.8, 4) is 45.5 Å². The van der Waals surface area contributed by atoms with E-state index < -0.39 is 11.9 Å². The molecule has 0 saturated heterocycles. The van der Waals surface area contributed by atoms with E-state index >= 15 is 0 Å². The number of carboxylic acid groups (broad SMARTS) is 1. The highest BCUT2D eigenvalue weighted by atomic mass is 16.5. The summed E-state index contributed by atoms with van der Waals surface area (Å²) in [6.45, 7) is 6.32. The van der Waals surface area contributed by atoms with Crippen LogP contribution in [0.15, 0.2) is 95.5 Å². The number of nitrogens with zero attached hydrogens (tertiary/aromatic N) is 2. The zero-order valence-electron chi connectivity index (χ0n) is 26.0. The van der Waals surface area contributed by atoms with Crippen molar-refractivity contribution in [3.63, 3.8) is 0 Å². The van der Waals surface area contributed by atoms with E-state index in [0.717, 1.165) is 33.4 Å². The number of ketones is 1. The van der Waals surface area contributed by atoms with E-state index in [1.54, 1.807) is 26.4 Å². The molecule has 0 spiro atoms. The second-order valence-electron chi connectivity index (χ2n) is 12.0. The summed E-state index contributed by atoms with van der Waals surface area (Å²) in [6, 6.07) is 28.2. The Balaban J connectivity index is 1.24. The number of ether oxygens (including phenoxy) is 2. The summed E-state index contributed by atoms with van der Waals surface area (Å²) >= 11 is 0. The molecule has 1 heterocycles. The van der Waals surface area contributed by atoms with E-state index in [1.807, 2.05) is 78.9 Å². The van der Waals surface area contributed by atoms with Gasteiger partial charge in [-0.05, 0) is 58.4 Å². The normalized spacial score (nSPS) is 12.0. The summed E-state index contributed by atoms with van der Waals surface area (Å²) in [5.74, 6) is 0.173. The van der Waals surface area contributed by atoms with E-state index in [4.69, 9.17) is 14.0 Å². The molecule has 1 N–H and O–H groups in total. The van der Waals surface area contributed by atoms with Crippen LogP contribution in [0.3, 0.4) is 0 Å². The highest BCUT2D eigenvalue weighted by molar-refractivity contribution is 5.98. The van der Waals surface area contributed by atoms with Crippen molar-refractivity contribution < 1.29 is 28.7 Å². The molecule has 1 aromatic heterocycles. The number of benzene rings is 4. The lowest BCUT2D eigenvalue weighted by atomic mass is 9.86. The van der Waals surface area contributed by atoms with Gasteiger partial charge in [0, 0.05) is 29.2 Å². The van der Waals surface area contributed by atoms with Gasteiger partial charge in [0.2, 0.25) is 5.82 Å². The first kappa shape index (κ1) is 31.2. The lowest BCUT2D eigenvalue weighted by Gasteiger charge is -2.19. The highest BCUT2D eigenvalue weighted by Gasteiger charge is 2.23. The monoisotopic (exact) mass is 604 g/mol. The fourth-order valence-corrected chi connectivity index (χ4v) is 5.06. The van der Waals surface area contributed by atoms with Gasteiger partial charge in [0.25, 0.3) is 5.89 Å². The molecular weight excluding hydrogens is 568 g/mol. The summed E-state index contributed by atoms with van der Waals surface area (Å²) in [5, 5.41) is 14.0. The number of Topliss-reactive ketones (excluding diaryl/α,β-unsaturated/α-hetero) is 1. The van der Waals surface area contributed by atoms with Crippen molar-refractivity contribution in [1.82, 2.24) is 10.1 Å². The van der Waals surface area contributed by atoms with Crippen LogP contribution in [0.1, 0.15) is 48.7 Å². The van der Waals surface area contributed by atoms with Crippen LogP contribution in [0.5, 0.6) is 11.5 Å². The maximum Gasteiger partial charge on any atom is 0.307 e. The molecule has 45 heavy (non-hydrogen) atoms. The summed E-state index contributed by atoms with van der Waals surface area (Å²) in [4.78, 5) is 29.5. The molecule has 5 rings (SSSR count). The third-order valence-corrected chi connectivity index (χ3v) is 7.79. The summed E-state index contributed by atoms with van der Waals surface area (Å²) in [7, 11) is 3.23. The topological polar surface area (TPSA) is 112 Å². The fourth-order valence-electron chi connectivity index (χ4n) is 5.06. The average Bonchev–Trinajstić information content (AvgIpc) is 3.54. The second kappa shape index (κ2) is 13.2. The number of methoxy groups -OCH3 is 2. The maximum atomic E-state index is 12.9. The highest BCUT2D eigenvalue weighted by Crippen LogP contribution is 2.32. The number of hydrogen-bond acceptors (Lipinski definition) is 7. The summed E-state index contributed by atoms with van der Waals surface area (Å²) in [6.07, 6.45) is 0.148. The number of carboxylic acids is 1. The molecule has 0 aliphatic heterocycles. The first-order valence-corrected chi connectivity index (χ1v) is 14.7. The predicted octanol–water partition coefficient (Wildman–Crippen LogP) is 7.90. The number of hydrogen-bond donors (Lipinski definition) is 1. The van der Waals surface area contributed by atoms with Gasteiger partial charge in [0.05, 0.1) is 20.1 Å². The maximum absolute atomic E-state index is 12.9. The van der Waals surface area contributed by atoms with Gasteiger partial charge in [0.1, 0.15) is 11.5 Å². The Morgan fingerprint density at radius 2 is 1.36 bits per heavy atom. The van der Waals surface area contributed by atoms with Gasteiger partial charge in [-0.3, -0.25) is 9.59 Å². The van der Waals surface area contributed by atoms with Crippen LogP contribution < -0.4 is 9.47 Å². The number of carbonyl (C=O) groups is 2. The first-order chi connectivity index (χ1) is 21.5. The minimum absolute atomic E-state index is 0.0283. The van der Waals surface area contributed by atoms with Crippen LogP contribution in [0, 0.1) is 5.92 Å². The van der Waals surface area contributed by atoms with Gasteiger partial charge in [0.15, 0.2) is 5.78 Å². The third kappa shape index (κ3) is 7.47. The number of rotatable bonds is 11. The molecule has 0 amide bonds. The molecule has 4 aromatic carbocycles. The smallest absolute Gasteiger partial charge is 0.307 e. The largest absolute Gasteiger partial charge is 0.497 e. The Kier molecular flexibility index (Phi) is 9.13. The Morgan fingerprint density at radius 1 is 0.778 bits per heavy atom. The van der Waals surface area contributed by atoms with Gasteiger partial charge in [-0.15, -0.1) is 0 Å². The van der Waals surface area contributed by atoms with Gasteiger partial charge in [-0.1, -0.05) is 86.6 Å². The standard InChI is InChI=1S/C37H36N2O6/c1-37(2,3)30-16-14-25(15-17-30)33(40)21-29(36(41)42)18-23-6-8-26(9-7-23)34-38-35(45-39-34)27-12-10-24(11-13-27)28-19-31(43-4)22-32(20-28)44-5/h6-17,19-20,22,29H,18,21H2,1-5H3,(H,41,42)/t29-/m1/s1. The van der Waals surface area contributed by atoms with Crippen LogP contribution in [-0.2, 0) is 16.6 Å². The number of carbonyl (C=O) groups excluding carboxylic acids is 1. The lowest BCUT2D eigenvalue weighted by molar-refractivity contribution is -0.141. The molecular formula is C37H36N2O6. The van der Waals surface area contributed by atoms with Gasteiger partial charge in [-0.25, -0.2) is 0 Å². The SMILES string of the molecule is COc1cc(OC)cc(-c2ccc(-c3nc(-c4ccc(C[C@H](CC(=O)c5ccc(C(C)(C)C)cc5)C(=O)O)cc4)no3)cc2)c1. The fraction of sp³-hybridized carbons (Fsp3) is 0.243. The first-order valence-electron chi connectivity index (χ1n) is 14.7. The van der Waals surface area contributed by atoms with Crippen LogP contribution in [0.25, 0.3) is 34.0 Å². The molecule has 1 atom stereocenters. The molecule has 0 radical (unpaired) electrons. The third-order valence-electron chi connectivity index (χ3n) is 7.79. The van der Waals surface area contributed by atoms with Crippen molar-refractivity contribution >= 4 is 11.8 Å². The second-order valence-corrected chi connectivity index (χ2v) is 12.0. The van der Waals surface area contributed by atoms with E-state index in [0.29, 0.717) is 28.8 Å². The van der Waals surface area contributed by atoms with Gasteiger partial charge in [-0.2, -0.15) is 4.98 Å². The predicted molar refractivity (Wildman–Crippen MR) is 173 cm³/mol. The number of aliphatic carboxylic acids is 1. The van der Waals surface area contributed by atoms with E-state index in [2.05, 4.69) is 30.9 Å². The van der Waals surface area contributed by atoms with Crippen molar-refractivity contribution in [3.05, 3.63) is 108 Å². The van der Waals surface area contributed by atoms with Gasteiger partial charge >= 0.3 is 5.97 Å². The van der Waals surface area contributed by atoms with Crippen LogP contribution >= 0.6 is 0 Å². The van der Waals surface area contributed by atoms with Crippen LogP contribution in [0.2, 0.25) is 0 Å². The zero-order chi connectivity index (χ0) is 32.1. The Labute approximate surface area is 262 Å². The van der Waals surface area contributed by atoms with Crippen LogP contribution in [0.4, 0.5) is 0 Å². The minimum atomic E-state index is -1.00. The molecule has 0 aliphatic carbocycles. The number of aromatic nitrogens is 2. The Hall–Kier alpha value is -5.24. The molecule has 0 aliphatic rings. The molecule has 8 nitrogen and oxygen atoms in total. The van der Waals surface area contributed by atoms with Crippen molar-refractivity contribution in [2.45, 2.75) is 39.0 Å². The molecule has 0 bridgehead atoms. The molecule has 230 valence electrons. The average molecular weight is 605 g/mol. The molecule has 8 heteroatoms. The Bertz CT molecular complexity index is 1760. The Morgan fingerprint density at radius 3 is 1.91 bits per heavy atom. The van der Waals surface area contributed by atoms with Crippen LogP contribution in [-0.4, -0.2) is 41.2 Å². The van der Waals surface area contributed by atoms with Gasteiger partial charge < -0.3 is 19.1 Å². The summed E-state index contributed by atoms with van der Waals surface area (Å²) in [5.41, 5.74) is 5.84. The van der Waals surface area contributed by atoms with Crippen molar-refractivity contribution in [1.29, 1.82) is 0 Å².